The van der Waals surface area contributed by atoms with Crippen molar-refractivity contribution in [2.24, 2.45) is 5.92 Å². The molecule has 0 radical (unpaired) electrons. The number of nitrogens with zero attached hydrogens (tertiary/aromatic N) is 2. The predicted octanol–water partition coefficient (Wildman–Crippen LogP) is 1.03. The molecule has 0 saturated heterocycles. The summed E-state index contributed by atoms with van der Waals surface area (Å²) in [5, 5.41) is 17.6. The third-order valence-electron chi connectivity index (χ3n) is 3.66. The van der Waals surface area contributed by atoms with Gasteiger partial charge in [-0.1, -0.05) is 6.92 Å². The molecule has 1 unspecified atom stereocenters. The topological polar surface area (TPSA) is 59.3 Å². The fourth-order valence-corrected chi connectivity index (χ4v) is 2.40. The molecule has 0 aromatic carbocycles. The van der Waals surface area contributed by atoms with Gasteiger partial charge in [0, 0.05) is 0 Å². The second-order valence-electron chi connectivity index (χ2n) is 5.09. The second kappa shape index (κ2) is 5.71. The van der Waals surface area contributed by atoms with Crippen LogP contribution in [0.3, 0.4) is 0 Å². The summed E-state index contributed by atoms with van der Waals surface area (Å²) in [4.78, 5) is 0. The molecule has 1 aromatic heterocycles. The van der Waals surface area contributed by atoms with Gasteiger partial charge in [-0.05, 0) is 31.7 Å². The summed E-state index contributed by atoms with van der Waals surface area (Å²) in [7, 11) is 1.64. The molecule has 5 nitrogen and oxygen atoms in total. The molecule has 1 atom stereocenters. The normalized spacial score (nSPS) is 18.6. The maximum atomic E-state index is 9.80. The fraction of sp³-hybridized carbons (Fsp3) is 0.769. The van der Waals surface area contributed by atoms with Crippen LogP contribution in [0.25, 0.3) is 0 Å². The van der Waals surface area contributed by atoms with Crippen molar-refractivity contribution in [3.63, 3.8) is 0 Å². The minimum Gasteiger partial charge on any atom is -0.493 e. The lowest BCUT2D eigenvalue weighted by Gasteiger charge is -2.33. The number of hydrogen-bond acceptors (Lipinski definition) is 4. The van der Waals surface area contributed by atoms with Crippen LogP contribution < -0.4 is 10.1 Å². The van der Waals surface area contributed by atoms with Gasteiger partial charge in [0.2, 0.25) is 0 Å². The number of aliphatic hydroxyl groups excluding tert-OH is 1. The van der Waals surface area contributed by atoms with Crippen molar-refractivity contribution in [3.05, 3.63) is 12.4 Å². The van der Waals surface area contributed by atoms with Gasteiger partial charge in [0.1, 0.15) is 0 Å². The Hall–Kier alpha value is -1.07. The molecule has 0 amide bonds. The van der Waals surface area contributed by atoms with E-state index in [1.54, 1.807) is 13.3 Å². The zero-order chi connectivity index (χ0) is 13.0. The van der Waals surface area contributed by atoms with E-state index in [4.69, 9.17) is 4.74 Å². The first kappa shape index (κ1) is 13.4. The van der Waals surface area contributed by atoms with E-state index >= 15 is 0 Å². The predicted molar refractivity (Wildman–Crippen MR) is 69.6 cm³/mol. The van der Waals surface area contributed by atoms with Crippen molar-refractivity contribution in [2.45, 2.75) is 38.3 Å². The van der Waals surface area contributed by atoms with Crippen LogP contribution in [0.4, 0.5) is 0 Å². The van der Waals surface area contributed by atoms with Gasteiger partial charge in [0.05, 0.1) is 38.2 Å². The van der Waals surface area contributed by atoms with Crippen LogP contribution in [-0.4, -0.2) is 40.7 Å². The summed E-state index contributed by atoms with van der Waals surface area (Å²) in [6.07, 6.45) is 7.03. The first-order chi connectivity index (χ1) is 8.74. The number of ether oxygens (including phenoxy) is 1. The van der Waals surface area contributed by atoms with Crippen LogP contribution in [0.1, 0.15) is 26.2 Å². The molecule has 102 valence electrons. The van der Waals surface area contributed by atoms with Crippen LogP contribution in [0, 0.1) is 5.92 Å². The van der Waals surface area contributed by atoms with Crippen LogP contribution in [0.15, 0.2) is 12.4 Å². The van der Waals surface area contributed by atoms with Crippen molar-refractivity contribution in [3.8, 4) is 5.75 Å². The summed E-state index contributed by atoms with van der Waals surface area (Å²) in [6, 6.07) is 0. The number of methoxy groups -OCH3 is 1. The van der Waals surface area contributed by atoms with Gasteiger partial charge < -0.3 is 15.2 Å². The van der Waals surface area contributed by atoms with E-state index in [9.17, 15) is 5.11 Å². The second-order valence-corrected chi connectivity index (χ2v) is 5.09. The number of hydrogen-bond donors (Lipinski definition) is 2. The van der Waals surface area contributed by atoms with E-state index in [2.05, 4.69) is 17.3 Å². The lowest BCUT2D eigenvalue weighted by molar-refractivity contribution is 0.118. The third-order valence-corrected chi connectivity index (χ3v) is 3.66. The molecule has 1 aliphatic rings. The van der Waals surface area contributed by atoms with Crippen LogP contribution >= 0.6 is 0 Å². The van der Waals surface area contributed by atoms with E-state index < -0.39 is 0 Å². The van der Waals surface area contributed by atoms with Gasteiger partial charge in [-0.25, -0.2) is 0 Å². The molecular formula is C13H23N3O2. The van der Waals surface area contributed by atoms with Gasteiger partial charge in [-0.2, -0.15) is 5.10 Å². The first-order valence-corrected chi connectivity index (χ1v) is 6.66. The Morgan fingerprint density at radius 2 is 2.39 bits per heavy atom. The summed E-state index contributed by atoms with van der Waals surface area (Å²) < 4.78 is 6.99. The molecular weight excluding hydrogens is 230 g/mol. The van der Waals surface area contributed by atoms with E-state index in [1.165, 1.54) is 12.8 Å². The van der Waals surface area contributed by atoms with Crippen LogP contribution in [0.5, 0.6) is 5.75 Å². The number of rotatable bonds is 8. The molecule has 1 fully saturated rings. The van der Waals surface area contributed by atoms with Gasteiger partial charge in [0.15, 0.2) is 5.75 Å². The quantitative estimate of drug-likeness (QED) is 0.726. The average molecular weight is 253 g/mol. The minimum absolute atomic E-state index is 0.153. The number of nitrogens with one attached hydrogen (secondary N) is 1. The Morgan fingerprint density at radius 3 is 2.89 bits per heavy atom. The lowest BCUT2D eigenvalue weighted by Crippen LogP contribution is -2.54. The van der Waals surface area contributed by atoms with Gasteiger partial charge in [0.25, 0.3) is 0 Å². The highest BCUT2D eigenvalue weighted by Gasteiger charge is 2.44. The zero-order valence-electron chi connectivity index (χ0n) is 11.2. The van der Waals surface area contributed by atoms with E-state index in [0.29, 0.717) is 12.5 Å². The first-order valence-electron chi connectivity index (χ1n) is 6.66. The number of aliphatic hydroxyl groups is 1. The lowest BCUT2D eigenvalue weighted by atomic mass is 9.94. The van der Waals surface area contributed by atoms with Crippen molar-refractivity contribution in [1.82, 2.24) is 15.1 Å². The molecule has 0 spiro atoms. The SMILES string of the molecule is CCCNC(CO)(Cn1cc(OC)cn1)C1CC1. The Morgan fingerprint density at radius 1 is 1.61 bits per heavy atom. The summed E-state index contributed by atoms with van der Waals surface area (Å²) in [6.45, 7) is 3.91. The minimum atomic E-state index is -0.229. The van der Waals surface area contributed by atoms with Crippen LogP contribution in [0.2, 0.25) is 0 Å². The zero-order valence-corrected chi connectivity index (χ0v) is 11.2. The highest BCUT2D eigenvalue weighted by atomic mass is 16.5. The smallest absolute Gasteiger partial charge is 0.156 e. The Balaban J connectivity index is 2.08. The summed E-state index contributed by atoms with van der Waals surface area (Å²) in [5.74, 6) is 1.32. The molecule has 1 aliphatic carbocycles. The number of aromatic nitrogens is 2. The molecule has 1 saturated carbocycles. The molecule has 5 heteroatoms. The van der Waals surface area contributed by atoms with Crippen LogP contribution in [-0.2, 0) is 6.54 Å². The highest BCUT2D eigenvalue weighted by Crippen LogP contribution is 2.40. The van der Waals surface area contributed by atoms with Crippen molar-refractivity contribution in [1.29, 1.82) is 0 Å². The monoisotopic (exact) mass is 253 g/mol. The fourth-order valence-electron chi connectivity index (χ4n) is 2.40. The molecule has 1 heterocycles. The molecule has 18 heavy (non-hydrogen) atoms. The molecule has 0 bridgehead atoms. The largest absolute Gasteiger partial charge is 0.493 e. The van der Waals surface area contributed by atoms with E-state index in [-0.39, 0.29) is 12.1 Å². The maximum absolute atomic E-state index is 9.80. The Bertz CT molecular complexity index is 376. The maximum Gasteiger partial charge on any atom is 0.156 e. The molecule has 2 N–H and O–H groups in total. The molecule has 0 aliphatic heterocycles. The molecule has 2 rings (SSSR count). The van der Waals surface area contributed by atoms with Crippen molar-refractivity contribution < 1.29 is 9.84 Å². The van der Waals surface area contributed by atoms with Gasteiger partial charge in [-0.3, -0.25) is 4.68 Å². The standard InChI is InChI=1S/C13H23N3O2/c1-3-6-14-13(10-17,11-4-5-11)9-16-8-12(18-2)7-15-16/h7-8,11,14,17H,3-6,9-10H2,1-2H3. The van der Waals surface area contributed by atoms with E-state index in [1.807, 2.05) is 10.9 Å². The van der Waals surface area contributed by atoms with Gasteiger partial charge in [-0.15, -0.1) is 0 Å². The molecule has 1 aromatic rings. The Labute approximate surface area is 108 Å². The summed E-state index contributed by atoms with van der Waals surface area (Å²) >= 11 is 0. The average Bonchev–Trinajstić information content (AvgIpc) is 3.16. The van der Waals surface area contributed by atoms with Crippen molar-refractivity contribution in [2.75, 3.05) is 20.3 Å². The van der Waals surface area contributed by atoms with Gasteiger partial charge >= 0.3 is 0 Å². The highest BCUT2D eigenvalue weighted by molar-refractivity contribution is 5.12. The summed E-state index contributed by atoms with van der Waals surface area (Å²) in [5.41, 5.74) is -0.229. The Kier molecular flexibility index (Phi) is 4.24. The van der Waals surface area contributed by atoms with E-state index in [0.717, 1.165) is 18.7 Å². The third kappa shape index (κ3) is 2.84. The van der Waals surface area contributed by atoms with Crippen molar-refractivity contribution >= 4 is 0 Å².